The minimum Gasteiger partial charge on any atom is -0.359 e. The van der Waals surface area contributed by atoms with Crippen molar-refractivity contribution in [3.05, 3.63) is 47.3 Å². The molecule has 0 bridgehead atoms. The van der Waals surface area contributed by atoms with Crippen molar-refractivity contribution in [3.8, 4) is 0 Å². The maximum Gasteiger partial charge on any atom is 0.319 e. The molecule has 0 aliphatic carbocycles. The number of carbonyl (C=O) groups excluding carboxylic acids is 2. The van der Waals surface area contributed by atoms with Crippen molar-refractivity contribution in [1.82, 2.24) is 15.4 Å². The second-order valence-corrected chi connectivity index (χ2v) is 7.13. The quantitative estimate of drug-likeness (QED) is 0.789. The van der Waals surface area contributed by atoms with Gasteiger partial charge in [0.2, 0.25) is 0 Å². The third kappa shape index (κ3) is 5.58. The number of rotatable bonds is 6. The van der Waals surface area contributed by atoms with E-state index in [1.54, 1.807) is 24.3 Å². The number of hydrogen-bond donors (Lipinski definition) is 2. The van der Waals surface area contributed by atoms with Crippen LogP contribution in [0.4, 0.5) is 10.5 Å². The van der Waals surface area contributed by atoms with E-state index in [2.05, 4.69) is 22.7 Å². The fourth-order valence-corrected chi connectivity index (χ4v) is 3.34. The number of carbonyl (C=O) groups is 2. The maximum absolute atomic E-state index is 12.7. The third-order valence-electron chi connectivity index (χ3n) is 4.80. The molecule has 0 radical (unpaired) electrons. The standard InChI is InChI=1S/C21H28N4O3/c1-2-8-18-14-19(28-24-18)15-22-21(27)23-17-10-7-9-16(13-17)20(26)25-11-5-3-4-6-12-25/h7,9-10,13-14H,2-6,8,11-12,15H2,1H3,(H2,22,23,27). The Hall–Kier alpha value is -2.83. The molecule has 2 heterocycles. The number of aryl methyl sites for hydroxylation is 1. The summed E-state index contributed by atoms with van der Waals surface area (Å²) in [5, 5.41) is 9.48. The molecule has 28 heavy (non-hydrogen) atoms. The molecule has 1 aromatic heterocycles. The Kier molecular flexibility index (Phi) is 7.06. The van der Waals surface area contributed by atoms with E-state index < -0.39 is 0 Å². The lowest BCUT2D eigenvalue weighted by Crippen LogP contribution is -2.32. The Balaban J connectivity index is 1.54. The molecule has 0 spiro atoms. The van der Waals surface area contributed by atoms with E-state index >= 15 is 0 Å². The van der Waals surface area contributed by atoms with Gasteiger partial charge in [-0.25, -0.2) is 4.79 Å². The van der Waals surface area contributed by atoms with Crippen molar-refractivity contribution in [2.45, 2.75) is 52.0 Å². The number of hydrogen-bond acceptors (Lipinski definition) is 4. The van der Waals surface area contributed by atoms with E-state index in [0.717, 1.165) is 44.5 Å². The zero-order chi connectivity index (χ0) is 19.8. The smallest absolute Gasteiger partial charge is 0.319 e. The first-order valence-electron chi connectivity index (χ1n) is 10.0. The zero-order valence-electron chi connectivity index (χ0n) is 16.4. The summed E-state index contributed by atoms with van der Waals surface area (Å²) in [6.07, 6.45) is 6.30. The van der Waals surface area contributed by atoms with E-state index in [0.29, 0.717) is 17.0 Å². The van der Waals surface area contributed by atoms with Gasteiger partial charge >= 0.3 is 6.03 Å². The maximum atomic E-state index is 12.7. The first-order valence-corrected chi connectivity index (χ1v) is 10.0. The van der Waals surface area contributed by atoms with Gasteiger partial charge in [0.15, 0.2) is 5.76 Å². The number of urea groups is 1. The van der Waals surface area contributed by atoms with Crippen molar-refractivity contribution in [2.75, 3.05) is 18.4 Å². The Labute approximate surface area is 165 Å². The Morgan fingerprint density at radius 1 is 1.14 bits per heavy atom. The van der Waals surface area contributed by atoms with E-state index in [9.17, 15) is 9.59 Å². The second-order valence-electron chi connectivity index (χ2n) is 7.13. The predicted molar refractivity (Wildman–Crippen MR) is 107 cm³/mol. The van der Waals surface area contributed by atoms with Gasteiger partial charge in [-0.2, -0.15) is 0 Å². The SMILES string of the molecule is CCCc1cc(CNC(=O)Nc2cccc(C(=O)N3CCCCCC3)c2)on1. The normalized spacial score (nSPS) is 14.4. The molecule has 1 aliphatic rings. The van der Waals surface area contributed by atoms with Gasteiger partial charge in [0, 0.05) is 30.4 Å². The number of benzene rings is 1. The van der Waals surface area contributed by atoms with Crippen molar-refractivity contribution < 1.29 is 14.1 Å². The molecule has 1 aliphatic heterocycles. The summed E-state index contributed by atoms with van der Waals surface area (Å²) in [4.78, 5) is 26.8. The van der Waals surface area contributed by atoms with Gasteiger partial charge in [-0.15, -0.1) is 0 Å². The average Bonchev–Trinajstić information content (AvgIpc) is 2.97. The van der Waals surface area contributed by atoms with E-state index in [1.165, 1.54) is 12.8 Å². The van der Waals surface area contributed by atoms with Crippen molar-refractivity contribution in [3.63, 3.8) is 0 Å². The molecule has 1 aromatic carbocycles. The third-order valence-corrected chi connectivity index (χ3v) is 4.80. The second kappa shape index (κ2) is 9.92. The molecular weight excluding hydrogens is 356 g/mol. The topological polar surface area (TPSA) is 87.5 Å². The highest BCUT2D eigenvalue weighted by molar-refractivity contribution is 5.96. The number of amides is 3. The lowest BCUT2D eigenvalue weighted by molar-refractivity contribution is 0.0761. The van der Waals surface area contributed by atoms with Crippen LogP contribution in [0.15, 0.2) is 34.9 Å². The van der Waals surface area contributed by atoms with Crippen molar-refractivity contribution in [2.24, 2.45) is 0 Å². The summed E-state index contributed by atoms with van der Waals surface area (Å²) in [5.74, 6) is 0.639. The summed E-state index contributed by atoms with van der Waals surface area (Å²) in [5.41, 5.74) is 2.07. The predicted octanol–water partition coefficient (Wildman–Crippen LogP) is 3.97. The first-order chi connectivity index (χ1) is 13.7. The van der Waals surface area contributed by atoms with Gasteiger partial charge in [0.1, 0.15) is 0 Å². The number of anilines is 1. The molecule has 2 N–H and O–H groups in total. The van der Waals surface area contributed by atoms with Crippen LogP contribution < -0.4 is 10.6 Å². The molecule has 7 nitrogen and oxygen atoms in total. The monoisotopic (exact) mass is 384 g/mol. The minimum atomic E-state index is -0.354. The van der Waals surface area contributed by atoms with Crippen LogP contribution in [0, 0.1) is 0 Å². The zero-order valence-corrected chi connectivity index (χ0v) is 16.4. The van der Waals surface area contributed by atoms with Gasteiger partial charge < -0.3 is 20.1 Å². The minimum absolute atomic E-state index is 0.0241. The Morgan fingerprint density at radius 3 is 2.68 bits per heavy atom. The number of likely N-dealkylation sites (tertiary alicyclic amines) is 1. The highest BCUT2D eigenvalue weighted by atomic mass is 16.5. The average molecular weight is 384 g/mol. The lowest BCUT2D eigenvalue weighted by Gasteiger charge is -2.20. The van der Waals surface area contributed by atoms with Gasteiger partial charge in [-0.1, -0.05) is 37.4 Å². The molecule has 1 saturated heterocycles. The highest BCUT2D eigenvalue weighted by Gasteiger charge is 2.17. The molecule has 3 amide bonds. The summed E-state index contributed by atoms with van der Waals surface area (Å²) in [6.45, 7) is 3.93. The number of aromatic nitrogens is 1. The van der Waals surface area contributed by atoms with Crippen LogP contribution in [0.3, 0.4) is 0 Å². The molecule has 0 saturated carbocycles. The summed E-state index contributed by atoms with van der Waals surface area (Å²) in [6, 6.07) is 8.57. The van der Waals surface area contributed by atoms with Crippen LogP contribution >= 0.6 is 0 Å². The van der Waals surface area contributed by atoms with Gasteiger partial charge in [0.05, 0.1) is 12.2 Å². The Morgan fingerprint density at radius 2 is 1.93 bits per heavy atom. The molecule has 7 heteroatoms. The van der Waals surface area contributed by atoms with Crippen LogP contribution in [0.1, 0.15) is 60.8 Å². The fourth-order valence-electron chi connectivity index (χ4n) is 3.34. The van der Waals surface area contributed by atoms with Crippen LogP contribution in [-0.4, -0.2) is 35.1 Å². The molecular formula is C21H28N4O3. The van der Waals surface area contributed by atoms with Gasteiger partial charge in [-0.3, -0.25) is 4.79 Å². The van der Waals surface area contributed by atoms with Crippen LogP contribution in [0.5, 0.6) is 0 Å². The summed E-state index contributed by atoms with van der Waals surface area (Å²) < 4.78 is 5.20. The Bertz CT molecular complexity index is 794. The fraction of sp³-hybridized carbons (Fsp3) is 0.476. The molecule has 150 valence electrons. The van der Waals surface area contributed by atoms with Crippen LogP contribution in [-0.2, 0) is 13.0 Å². The molecule has 0 atom stereocenters. The molecule has 0 unspecified atom stereocenters. The van der Waals surface area contributed by atoms with Gasteiger partial charge in [-0.05, 0) is 37.5 Å². The molecule has 1 fully saturated rings. The summed E-state index contributed by atoms with van der Waals surface area (Å²) in [7, 11) is 0. The van der Waals surface area contributed by atoms with Crippen molar-refractivity contribution in [1.29, 1.82) is 0 Å². The van der Waals surface area contributed by atoms with Crippen LogP contribution in [0.2, 0.25) is 0 Å². The van der Waals surface area contributed by atoms with Crippen molar-refractivity contribution >= 4 is 17.6 Å². The molecule has 3 rings (SSSR count). The van der Waals surface area contributed by atoms with Gasteiger partial charge in [0.25, 0.3) is 5.91 Å². The van der Waals surface area contributed by atoms with Crippen LogP contribution in [0.25, 0.3) is 0 Å². The largest absolute Gasteiger partial charge is 0.359 e. The number of nitrogens with zero attached hydrogens (tertiary/aromatic N) is 2. The van der Waals surface area contributed by atoms with E-state index in [-0.39, 0.29) is 18.5 Å². The first kappa shape index (κ1) is 19.9. The number of nitrogens with one attached hydrogen (secondary N) is 2. The molecule has 2 aromatic rings. The summed E-state index contributed by atoms with van der Waals surface area (Å²) >= 11 is 0. The highest BCUT2D eigenvalue weighted by Crippen LogP contribution is 2.16. The lowest BCUT2D eigenvalue weighted by atomic mass is 10.1. The van der Waals surface area contributed by atoms with E-state index in [1.807, 2.05) is 11.0 Å². The van der Waals surface area contributed by atoms with E-state index in [4.69, 9.17) is 4.52 Å².